The minimum Gasteiger partial charge on any atom is -0.481 e. The number of nitrogens with one attached hydrogen (secondary N) is 1. The maximum Gasteiger partial charge on any atom is 0.317 e. The van der Waals surface area contributed by atoms with Crippen LogP contribution in [0.5, 0.6) is 0 Å². The number of hydrogen-bond donors (Lipinski definition) is 2. The van der Waals surface area contributed by atoms with E-state index in [0.29, 0.717) is 13.1 Å². The van der Waals surface area contributed by atoms with Gasteiger partial charge in [-0.1, -0.05) is 40.0 Å². The standard InChI is InChI=1S/C15H28N2O3/c1-4-6-8-12(7-5-2)16-15(20)17-9-11(3)13(10-17)14(18)19/h11-13H,4-10H2,1-3H3,(H,16,20)(H,18,19). The molecular weight excluding hydrogens is 256 g/mol. The second-order valence-electron chi connectivity index (χ2n) is 5.90. The summed E-state index contributed by atoms with van der Waals surface area (Å²) in [5.74, 6) is -1.21. The number of carbonyl (C=O) groups is 2. The molecule has 5 nitrogen and oxygen atoms in total. The number of urea groups is 1. The fourth-order valence-corrected chi connectivity index (χ4v) is 2.81. The average Bonchev–Trinajstić information content (AvgIpc) is 2.78. The second kappa shape index (κ2) is 8.12. The van der Waals surface area contributed by atoms with Gasteiger partial charge in [0.1, 0.15) is 0 Å². The van der Waals surface area contributed by atoms with Crippen LogP contribution in [0.1, 0.15) is 52.9 Å². The highest BCUT2D eigenvalue weighted by Gasteiger charge is 2.37. The number of nitrogens with zero attached hydrogens (tertiary/aromatic N) is 1. The Morgan fingerprint density at radius 2 is 1.95 bits per heavy atom. The third-order valence-electron chi connectivity index (χ3n) is 4.09. The van der Waals surface area contributed by atoms with E-state index in [2.05, 4.69) is 19.2 Å². The quantitative estimate of drug-likeness (QED) is 0.755. The summed E-state index contributed by atoms with van der Waals surface area (Å²) in [5, 5.41) is 12.2. The molecule has 0 aromatic heterocycles. The van der Waals surface area contributed by atoms with E-state index >= 15 is 0 Å². The van der Waals surface area contributed by atoms with Crippen LogP contribution in [0.15, 0.2) is 0 Å². The SMILES string of the molecule is CCCCC(CCC)NC(=O)N1CC(C)C(C(=O)O)C1. The van der Waals surface area contributed by atoms with E-state index in [1.807, 2.05) is 6.92 Å². The first-order valence-corrected chi connectivity index (χ1v) is 7.77. The number of carboxylic acid groups (broad SMARTS) is 1. The van der Waals surface area contributed by atoms with Crippen molar-refractivity contribution in [3.8, 4) is 0 Å². The zero-order chi connectivity index (χ0) is 15.1. The molecule has 1 fully saturated rings. The zero-order valence-corrected chi connectivity index (χ0v) is 12.9. The molecule has 0 saturated carbocycles. The number of carbonyl (C=O) groups excluding carboxylic acids is 1. The molecule has 0 aliphatic carbocycles. The lowest BCUT2D eigenvalue weighted by Gasteiger charge is -2.23. The first kappa shape index (κ1) is 16.8. The zero-order valence-electron chi connectivity index (χ0n) is 12.9. The maximum atomic E-state index is 12.2. The lowest BCUT2D eigenvalue weighted by Crippen LogP contribution is -2.44. The monoisotopic (exact) mass is 284 g/mol. The van der Waals surface area contributed by atoms with Crippen molar-refractivity contribution in [1.29, 1.82) is 0 Å². The minimum atomic E-state index is -0.802. The Bertz CT molecular complexity index is 333. The molecule has 3 atom stereocenters. The van der Waals surface area contributed by atoms with Gasteiger partial charge >= 0.3 is 12.0 Å². The first-order valence-electron chi connectivity index (χ1n) is 7.77. The molecule has 1 rings (SSSR count). The van der Waals surface area contributed by atoms with Gasteiger partial charge in [0, 0.05) is 19.1 Å². The van der Waals surface area contributed by atoms with Gasteiger partial charge in [0.15, 0.2) is 0 Å². The second-order valence-corrected chi connectivity index (χ2v) is 5.90. The third-order valence-corrected chi connectivity index (χ3v) is 4.09. The Balaban J connectivity index is 2.50. The van der Waals surface area contributed by atoms with Gasteiger partial charge in [-0.05, 0) is 18.8 Å². The van der Waals surface area contributed by atoms with Crippen LogP contribution in [-0.4, -0.2) is 41.1 Å². The molecule has 1 heterocycles. The van der Waals surface area contributed by atoms with Gasteiger partial charge in [-0.15, -0.1) is 0 Å². The highest BCUT2D eigenvalue weighted by molar-refractivity contribution is 5.77. The largest absolute Gasteiger partial charge is 0.481 e. The number of aliphatic carboxylic acids is 1. The summed E-state index contributed by atoms with van der Waals surface area (Å²) in [5.41, 5.74) is 0. The minimum absolute atomic E-state index is 0.0264. The summed E-state index contributed by atoms with van der Waals surface area (Å²) in [6.07, 6.45) is 5.26. The molecular formula is C15H28N2O3. The van der Waals surface area contributed by atoms with E-state index in [0.717, 1.165) is 32.1 Å². The molecule has 0 spiro atoms. The van der Waals surface area contributed by atoms with Crippen molar-refractivity contribution in [1.82, 2.24) is 10.2 Å². The van der Waals surface area contributed by atoms with E-state index in [1.165, 1.54) is 0 Å². The Hall–Kier alpha value is -1.26. The summed E-state index contributed by atoms with van der Waals surface area (Å²) in [4.78, 5) is 25.0. The fourth-order valence-electron chi connectivity index (χ4n) is 2.81. The summed E-state index contributed by atoms with van der Waals surface area (Å²) >= 11 is 0. The number of unbranched alkanes of at least 4 members (excludes halogenated alkanes) is 1. The van der Waals surface area contributed by atoms with Crippen LogP contribution >= 0.6 is 0 Å². The van der Waals surface area contributed by atoms with Gasteiger partial charge < -0.3 is 15.3 Å². The van der Waals surface area contributed by atoms with Crippen molar-refractivity contribution < 1.29 is 14.7 Å². The first-order chi connectivity index (χ1) is 9.49. The third kappa shape index (κ3) is 4.69. The molecule has 5 heteroatoms. The van der Waals surface area contributed by atoms with Crippen LogP contribution in [0.25, 0.3) is 0 Å². The maximum absolute atomic E-state index is 12.2. The van der Waals surface area contributed by atoms with Crippen molar-refractivity contribution in [3.05, 3.63) is 0 Å². The van der Waals surface area contributed by atoms with E-state index in [-0.39, 0.29) is 18.0 Å². The number of amides is 2. The van der Waals surface area contributed by atoms with E-state index < -0.39 is 11.9 Å². The van der Waals surface area contributed by atoms with E-state index in [4.69, 9.17) is 5.11 Å². The molecule has 2 N–H and O–H groups in total. The Morgan fingerprint density at radius 3 is 2.45 bits per heavy atom. The average molecular weight is 284 g/mol. The normalized spacial score (nSPS) is 23.6. The Morgan fingerprint density at radius 1 is 1.25 bits per heavy atom. The van der Waals surface area contributed by atoms with Crippen LogP contribution in [0, 0.1) is 11.8 Å². The van der Waals surface area contributed by atoms with Gasteiger partial charge in [0.2, 0.25) is 0 Å². The molecule has 0 bridgehead atoms. The predicted octanol–water partition coefficient (Wildman–Crippen LogP) is 2.71. The van der Waals surface area contributed by atoms with E-state index in [1.54, 1.807) is 4.90 Å². The number of rotatable bonds is 7. The lowest BCUT2D eigenvalue weighted by molar-refractivity contribution is -0.142. The fraction of sp³-hybridized carbons (Fsp3) is 0.867. The molecule has 1 saturated heterocycles. The molecule has 2 amide bonds. The van der Waals surface area contributed by atoms with Crippen molar-refractivity contribution in [2.24, 2.45) is 11.8 Å². The van der Waals surface area contributed by atoms with Gasteiger partial charge in [0.05, 0.1) is 5.92 Å². The predicted molar refractivity (Wildman–Crippen MR) is 78.6 cm³/mol. The highest BCUT2D eigenvalue weighted by Crippen LogP contribution is 2.23. The van der Waals surface area contributed by atoms with Crippen molar-refractivity contribution >= 4 is 12.0 Å². The van der Waals surface area contributed by atoms with Gasteiger partial charge in [-0.25, -0.2) is 4.79 Å². The molecule has 116 valence electrons. The van der Waals surface area contributed by atoms with Crippen LogP contribution < -0.4 is 5.32 Å². The van der Waals surface area contributed by atoms with Crippen molar-refractivity contribution in [2.45, 2.75) is 58.9 Å². The topological polar surface area (TPSA) is 69.6 Å². The van der Waals surface area contributed by atoms with Gasteiger partial charge in [-0.2, -0.15) is 0 Å². The molecule has 0 radical (unpaired) electrons. The van der Waals surface area contributed by atoms with E-state index in [9.17, 15) is 9.59 Å². The number of carboxylic acids is 1. The van der Waals surface area contributed by atoms with Crippen molar-refractivity contribution in [3.63, 3.8) is 0 Å². The smallest absolute Gasteiger partial charge is 0.317 e. The van der Waals surface area contributed by atoms with Crippen molar-refractivity contribution in [2.75, 3.05) is 13.1 Å². The van der Waals surface area contributed by atoms with Crippen LogP contribution in [-0.2, 0) is 4.79 Å². The summed E-state index contributed by atoms with van der Waals surface area (Å²) in [7, 11) is 0. The number of hydrogen-bond acceptors (Lipinski definition) is 2. The number of likely N-dealkylation sites (tertiary alicyclic amines) is 1. The Kier molecular flexibility index (Phi) is 6.82. The summed E-state index contributed by atoms with van der Waals surface area (Å²) in [6.45, 7) is 7.02. The van der Waals surface area contributed by atoms with Gasteiger partial charge in [0.25, 0.3) is 0 Å². The molecule has 3 unspecified atom stereocenters. The highest BCUT2D eigenvalue weighted by atomic mass is 16.4. The summed E-state index contributed by atoms with van der Waals surface area (Å²) in [6, 6.07) is 0.113. The van der Waals surface area contributed by atoms with Crippen LogP contribution in [0.3, 0.4) is 0 Å². The van der Waals surface area contributed by atoms with Gasteiger partial charge in [-0.3, -0.25) is 4.79 Å². The molecule has 1 aliphatic heterocycles. The lowest BCUT2D eigenvalue weighted by atomic mass is 9.99. The Labute approximate surface area is 121 Å². The molecule has 0 aromatic carbocycles. The summed E-state index contributed by atoms with van der Waals surface area (Å²) < 4.78 is 0. The van der Waals surface area contributed by atoms with Crippen LogP contribution in [0.2, 0.25) is 0 Å². The molecule has 1 aliphatic rings. The van der Waals surface area contributed by atoms with Crippen LogP contribution in [0.4, 0.5) is 4.79 Å². The molecule has 0 aromatic rings. The molecule has 20 heavy (non-hydrogen) atoms.